The van der Waals surface area contributed by atoms with Crippen LogP contribution in [0.2, 0.25) is 0 Å². The number of hydrogen-bond donors (Lipinski definition) is 2. The summed E-state index contributed by atoms with van der Waals surface area (Å²) in [6, 6.07) is -0.352. The van der Waals surface area contributed by atoms with Gasteiger partial charge in [-0.1, -0.05) is 13.8 Å². The van der Waals surface area contributed by atoms with Gasteiger partial charge in [0.05, 0.1) is 6.04 Å². The average molecular weight is 244 g/mol. The van der Waals surface area contributed by atoms with Crippen LogP contribution in [0.25, 0.3) is 0 Å². The van der Waals surface area contributed by atoms with Crippen LogP contribution in [-0.2, 0) is 4.79 Å². The highest BCUT2D eigenvalue weighted by atomic mass is 32.2. The van der Waals surface area contributed by atoms with Crippen molar-refractivity contribution in [1.29, 1.82) is 0 Å². The van der Waals surface area contributed by atoms with Gasteiger partial charge in [-0.05, 0) is 37.9 Å². The van der Waals surface area contributed by atoms with E-state index in [9.17, 15) is 4.79 Å². The van der Waals surface area contributed by atoms with Gasteiger partial charge in [-0.2, -0.15) is 11.8 Å². The molecule has 2 atom stereocenters. The lowest BCUT2D eigenvalue weighted by Gasteiger charge is -2.24. The summed E-state index contributed by atoms with van der Waals surface area (Å²) in [5.41, 5.74) is 5.83. The van der Waals surface area contributed by atoms with Gasteiger partial charge in [-0.3, -0.25) is 4.79 Å². The number of rotatable bonds is 5. The number of hydrogen-bond acceptors (Lipinski definition) is 3. The van der Waals surface area contributed by atoms with Crippen molar-refractivity contribution in [3.63, 3.8) is 0 Å². The van der Waals surface area contributed by atoms with E-state index in [-0.39, 0.29) is 16.7 Å². The molecule has 1 fully saturated rings. The Morgan fingerprint density at radius 3 is 2.75 bits per heavy atom. The molecule has 1 aliphatic heterocycles. The van der Waals surface area contributed by atoms with Crippen molar-refractivity contribution >= 4 is 17.7 Å². The number of amides is 1. The second-order valence-electron chi connectivity index (χ2n) is 5.36. The minimum Gasteiger partial charge on any atom is -0.353 e. The summed E-state index contributed by atoms with van der Waals surface area (Å²) in [6.45, 7) is 7.14. The molecular formula is C12H24N2OS. The Labute approximate surface area is 103 Å². The van der Waals surface area contributed by atoms with Crippen LogP contribution in [0.3, 0.4) is 0 Å². The van der Waals surface area contributed by atoms with E-state index in [1.165, 1.54) is 18.6 Å². The molecular weight excluding hydrogens is 220 g/mol. The molecule has 4 heteroatoms. The van der Waals surface area contributed by atoms with Crippen molar-refractivity contribution in [2.24, 2.45) is 11.7 Å². The average Bonchev–Trinajstić information content (AvgIpc) is 2.61. The maximum atomic E-state index is 11.7. The Hall–Kier alpha value is -0.220. The van der Waals surface area contributed by atoms with Crippen LogP contribution in [-0.4, -0.2) is 29.0 Å². The lowest BCUT2D eigenvalue weighted by atomic mass is 10.0. The lowest BCUT2D eigenvalue weighted by molar-refractivity contribution is -0.122. The Bertz CT molecular complexity index is 237. The zero-order valence-electron chi connectivity index (χ0n) is 10.6. The Morgan fingerprint density at radius 2 is 2.25 bits per heavy atom. The van der Waals surface area contributed by atoms with Gasteiger partial charge in [-0.25, -0.2) is 0 Å². The van der Waals surface area contributed by atoms with E-state index < -0.39 is 0 Å². The molecule has 0 spiro atoms. The number of thioether (sulfide) groups is 1. The largest absolute Gasteiger partial charge is 0.353 e. The topological polar surface area (TPSA) is 55.1 Å². The molecule has 1 rings (SSSR count). The Balaban J connectivity index is 2.28. The normalized spacial score (nSPS) is 27.1. The van der Waals surface area contributed by atoms with Crippen LogP contribution < -0.4 is 11.1 Å². The van der Waals surface area contributed by atoms with Gasteiger partial charge in [0.15, 0.2) is 0 Å². The standard InChI is InChI=1S/C12H24N2OS/c1-9(2)7-10(13)11(15)14-8-12(3)5-4-6-16-12/h9-10H,4-8,13H2,1-3H3,(H,14,15)/t10-,12?/m1/s1. The predicted octanol–water partition coefficient (Wildman–Crippen LogP) is 1.76. The number of carbonyl (C=O) groups is 1. The number of nitrogens with one attached hydrogen (secondary N) is 1. The molecule has 0 radical (unpaired) electrons. The predicted molar refractivity (Wildman–Crippen MR) is 70.5 cm³/mol. The van der Waals surface area contributed by atoms with Crippen LogP contribution in [0.1, 0.15) is 40.0 Å². The highest BCUT2D eigenvalue weighted by Gasteiger charge is 2.30. The van der Waals surface area contributed by atoms with Gasteiger partial charge in [0, 0.05) is 11.3 Å². The fourth-order valence-electron chi connectivity index (χ4n) is 2.00. The first-order valence-corrected chi connectivity index (χ1v) is 7.09. The van der Waals surface area contributed by atoms with Gasteiger partial charge < -0.3 is 11.1 Å². The number of nitrogens with two attached hydrogens (primary N) is 1. The molecule has 0 aromatic heterocycles. The van der Waals surface area contributed by atoms with E-state index in [4.69, 9.17) is 5.73 Å². The van der Waals surface area contributed by atoms with Crippen molar-refractivity contribution in [2.75, 3.05) is 12.3 Å². The molecule has 1 saturated heterocycles. The van der Waals surface area contributed by atoms with Crippen molar-refractivity contribution in [2.45, 2.75) is 50.8 Å². The third-order valence-corrected chi connectivity index (χ3v) is 4.54. The van der Waals surface area contributed by atoms with Crippen molar-refractivity contribution in [1.82, 2.24) is 5.32 Å². The van der Waals surface area contributed by atoms with Crippen LogP contribution in [0, 0.1) is 5.92 Å². The van der Waals surface area contributed by atoms with Gasteiger partial charge in [-0.15, -0.1) is 0 Å². The molecule has 0 aliphatic carbocycles. The SMILES string of the molecule is CC(C)C[C@@H](N)C(=O)NCC1(C)CCCS1. The van der Waals surface area contributed by atoms with E-state index in [0.717, 1.165) is 13.0 Å². The Kier molecular flexibility index (Phi) is 5.12. The molecule has 1 unspecified atom stereocenters. The molecule has 94 valence electrons. The zero-order chi connectivity index (χ0) is 12.2. The third kappa shape index (κ3) is 4.34. The van der Waals surface area contributed by atoms with E-state index in [2.05, 4.69) is 26.1 Å². The van der Waals surface area contributed by atoms with Crippen molar-refractivity contribution in [3.05, 3.63) is 0 Å². The molecule has 3 N–H and O–H groups in total. The quantitative estimate of drug-likeness (QED) is 0.775. The van der Waals surface area contributed by atoms with E-state index >= 15 is 0 Å². The maximum absolute atomic E-state index is 11.7. The first kappa shape index (κ1) is 13.8. The third-order valence-electron chi connectivity index (χ3n) is 3.00. The highest BCUT2D eigenvalue weighted by molar-refractivity contribution is 8.00. The molecule has 1 amide bonds. The summed E-state index contributed by atoms with van der Waals surface area (Å²) in [5, 5.41) is 2.99. The summed E-state index contributed by atoms with van der Waals surface area (Å²) in [5.74, 6) is 1.68. The van der Waals surface area contributed by atoms with Crippen molar-refractivity contribution in [3.8, 4) is 0 Å². The van der Waals surface area contributed by atoms with E-state index in [0.29, 0.717) is 5.92 Å². The first-order chi connectivity index (χ1) is 7.43. The van der Waals surface area contributed by atoms with Crippen LogP contribution >= 0.6 is 11.8 Å². The fraction of sp³-hybridized carbons (Fsp3) is 0.917. The summed E-state index contributed by atoms with van der Waals surface area (Å²) < 4.78 is 0.229. The van der Waals surface area contributed by atoms with Gasteiger partial charge in [0.1, 0.15) is 0 Å². The molecule has 0 aromatic carbocycles. The van der Waals surface area contributed by atoms with Crippen LogP contribution in [0.5, 0.6) is 0 Å². The molecule has 1 aliphatic rings. The lowest BCUT2D eigenvalue weighted by Crippen LogP contribution is -2.45. The molecule has 0 aromatic rings. The number of carbonyl (C=O) groups excluding carboxylic acids is 1. The fourth-order valence-corrected chi connectivity index (χ4v) is 3.24. The monoisotopic (exact) mass is 244 g/mol. The highest BCUT2D eigenvalue weighted by Crippen LogP contribution is 2.36. The molecule has 3 nitrogen and oxygen atoms in total. The van der Waals surface area contributed by atoms with Crippen molar-refractivity contribution < 1.29 is 4.79 Å². The summed E-state index contributed by atoms with van der Waals surface area (Å²) in [4.78, 5) is 11.7. The van der Waals surface area contributed by atoms with Crippen LogP contribution in [0.15, 0.2) is 0 Å². The first-order valence-electron chi connectivity index (χ1n) is 6.10. The summed E-state index contributed by atoms with van der Waals surface area (Å²) in [6.07, 6.45) is 3.21. The molecule has 16 heavy (non-hydrogen) atoms. The second-order valence-corrected chi connectivity index (χ2v) is 7.04. The zero-order valence-corrected chi connectivity index (χ0v) is 11.4. The smallest absolute Gasteiger partial charge is 0.236 e. The van der Waals surface area contributed by atoms with Gasteiger partial charge >= 0.3 is 0 Å². The molecule has 0 bridgehead atoms. The molecule has 1 heterocycles. The minimum absolute atomic E-state index is 0.00225. The van der Waals surface area contributed by atoms with Gasteiger partial charge in [0.25, 0.3) is 0 Å². The van der Waals surface area contributed by atoms with E-state index in [1.807, 2.05) is 11.8 Å². The Morgan fingerprint density at radius 1 is 1.56 bits per heavy atom. The second kappa shape index (κ2) is 5.92. The summed E-state index contributed by atoms with van der Waals surface area (Å²) in [7, 11) is 0. The molecule has 0 saturated carbocycles. The van der Waals surface area contributed by atoms with E-state index in [1.54, 1.807) is 0 Å². The maximum Gasteiger partial charge on any atom is 0.236 e. The van der Waals surface area contributed by atoms with Crippen LogP contribution in [0.4, 0.5) is 0 Å². The summed E-state index contributed by atoms with van der Waals surface area (Å²) >= 11 is 1.96. The van der Waals surface area contributed by atoms with Gasteiger partial charge in [0.2, 0.25) is 5.91 Å². The minimum atomic E-state index is -0.352.